The molecule has 2 aromatic carbocycles. The molecule has 8 heteroatoms. The number of benzene rings is 2. The molecule has 0 fully saturated rings. The summed E-state index contributed by atoms with van der Waals surface area (Å²) in [6.07, 6.45) is 0.256. The second kappa shape index (κ2) is 7.28. The van der Waals surface area contributed by atoms with E-state index in [1.165, 1.54) is 0 Å². The predicted molar refractivity (Wildman–Crippen MR) is 95.4 cm³/mol. The van der Waals surface area contributed by atoms with Gasteiger partial charge in [-0.1, -0.05) is 0 Å². The Bertz CT molecular complexity index is 939. The molecule has 0 N–H and O–H groups in total. The summed E-state index contributed by atoms with van der Waals surface area (Å²) in [7, 11) is 3.23. The maximum absolute atomic E-state index is 5.69. The van der Waals surface area contributed by atoms with Gasteiger partial charge >= 0.3 is 0 Å². The minimum atomic E-state index is 0.256. The van der Waals surface area contributed by atoms with E-state index in [0.717, 1.165) is 22.6 Å². The Morgan fingerprint density at radius 1 is 0.630 bits per heavy atom. The molecule has 0 atom stereocenters. The summed E-state index contributed by atoms with van der Waals surface area (Å²) < 4.78 is 21.6. The molecule has 2 heterocycles. The van der Waals surface area contributed by atoms with Crippen molar-refractivity contribution in [3.63, 3.8) is 0 Å². The first-order valence-corrected chi connectivity index (χ1v) is 8.19. The standard InChI is InChI=1S/C19H16N4O4/c1-24-14-7-3-12(4-8-14)18-22-20-16(26-18)11-17-21-23-19(27-17)13-5-9-15(25-2)10-6-13/h3-10H,11H2,1-2H3. The number of rotatable bonds is 6. The minimum Gasteiger partial charge on any atom is -0.497 e. The molecule has 8 nitrogen and oxygen atoms in total. The summed E-state index contributed by atoms with van der Waals surface area (Å²) >= 11 is 0. The Kier molecular flexibility index (Phi) is 4.52. The van der Waals surface area contributed by atoms with Crippen molar-refractivity contribution < 1.29 is 18.3 Å². The largest absolute Gasteiger partial charge is 0.497 e. The van der Waals surface area contributed by atoms with Gasteiger partial charge in [-0.3, -0.25) is 0 Å². The topological polar surface area (TPSA) is 96.3 Å². The highest BCUT2D eigenvalue weighted by Gasteiger charge is 2.14. The molecule has 0 aliphatic heterocycles. The zero-order valence-electron chi connectivity index (χ0n) is 14.7. The molecule has 0 radical (unpaired) electrons. The van der Waals surface area contributed by atoms with Crippen LogP contribution in [0, 0.1) is 0 Å². The molecule has 0 bridgehead atoms. The Balaban J connectivity index is 1.48. The third kappa shape index (κ3) is 3.64. The van der Waals surface area contributed by atoms with Gasteiger partial charge in [-0.05, 0) is 48.5 Å². The quantitative estimate of drug-likeness (QED) is 0.514. The molecule has 2 aromatic heterocycles. The van der Waals surface area contributed by atoms with Crippen LogP contribution in [0.15, 0.2) is 57.4 Å². The normalized spacial score (nSPS) is 10.7. The second-order valence-corrected chi connectivity index (χ2v) is 5.64. The lowest BCUT2D eigenvalue weighted by molar-refractivity contribution is 0.414. The van der Waals surface area contributed by atoms with Crippen LogP contribution in [-0.4, -0.2) is 34.6 Å². The lowest BCUT2D eigenvalue weighted by Gasteiger charge is -1.99. The van der Waals surface area contributed by atoms with Crippen LogP contribution in [0.4, 0.5) is 0 Å². The van der Waals surface area contributed by atoms with E-state index in [1.54, 1.807) is 14.2 Å². The fourth-order valence-corrected chi connectivity index (χ4v) is 2.48. The SMILES string of the molecule is COc1ccc(-c2nnc(Cc3nnc(-c4ccc(OC)cc4)o3)o2)cc1. The highest BCUT2D eigenvalue weighted by Crippen LogP contribution is 2.24. The molecule has 0 saturated carbocycles. The lowest BCUT2D eigenvalue weighted by Crippen LogP contribution is -1.88. The number of methoxy groups -OCH3 is 2. The molecule has 0 aliphatic rings. The van der Waals surface area contributed by atoms with Crippen LogP contribution < -0.4 is 9.47 Å². The molecule has 4 rings (SSSR count). The summed E-state index contributed by atoms with van der Waals surface area (Å²) in [6.45, 7) is 0. The maximum Gasteiger partial charge on any atom is 0.247 e. The van der Waals surface area contributed by atoms with Crippen LogP contribution in [0.25, 0.3) is 22.9 Å². The van der Waals surface area contributed by atoms with E-state index in [0.29, 0.717) is 23.6 Å². The fraction of sp³-hybridized carbons (Fsp3) is 0.158. The van der Waals surface area contributed by atoms with Gasteiger partial charge in [-0.25, -0.2) is 0 Å². The van der Waals surface area contributed by atoms with Gasteiger partial charge in [-0.2, -0.15) is 0 Å². The highest BCUT2D eigenvalue weighted by atomic mass is 16.5. The van der Waals surface area contributed by atoms with Gasteiger partial charge < -0.3 is 18.3 Å². The molecule has 0 saturated heterocycles. The van der Waals surface area contributed by atoms with Crippen molar-refractivity contribution in [1.82, 2.24) is 20.4 Å². The van der Waals surface area contributed by atoms with Crippen molar-refractivity contribution in [3.8, 4) is 34.4 Å². The van der Waals surface area contributed by atoms with Gasteiger partial charge in [0.1, 0.15) is 17.9 Å². The fourth-order valence-electron chi connectivity index (χ4n) is 2.48. The van der Waals surface area contributed by atoms with Crippen molar-refractivity contribution in [1.29, 1.82) is 0 Å². The Hall–Kier alpha value is -3.68. The minimum absolute atomic E-state index is 0.256. The van der Waals surface area contributed by atoms with E-state index in [1.807, 2.05) is 48.5 Å². The molecule has 27 heavy (non-hydrogen) atoms. The predicted octanol–water partition coefficient (Wildman–Crippen LogP) is 3.39. The van der Waals surface area contributed by atoms with Crippen molar-refractivity contribution in [2.75, 3.05) is 14.2 Å². The molecule has 4 aromatic rings. The van der Waals surface area contributed by atoms with E-state index >= 15 is 0 Å². The molecule has 0 aliphatic carbocycles. The van der Waals surface area contributed by atoms with E-state index in [2.05, 4.69) is 20.4 Å². The van der Waals surface area contributed by atoms with Gasteiger partial charge in [0.2, 0.25) is 23.6 Å². The van der Waals surface area contributed by atoms with E-state index < -0.39 is 0 Å². The molecular formula is C19H16N4O4. The third-order valence-corrected chi connectivity index (χ3v) is 3.91. The smallest absolute Gasteiger partial charge is 0.247 e. The first-order chi connectivity index (χ1) is 13.2. The van der Waals surface area contributed by atoms with Crippen LogP contribution in [0.5, 0.6) is 11.5 Å². The summed E-state index contributed by atoms with van der Waals surface area (Å²) in [6, 6.07) is 14.7. The molecule has 0 unspecified atom stereocenters. The molecule has 0 spiro atoms. The van der Waals surface area contributed by atoms with Gasteiger partial charge in [0.15, 0.2) is 0 Å². The number of ether oxygens (including phenoxy) is 2. The van der Waals surface area contributed by atoms with Crippen molar-refractivity contribution in [2.45, 2.75) is 6.42 Å². The van der Waals surface area contributed by atoms with Gasteiger partial charge in [-0.15, -0.1) is 20.4 Å². The van der Waals surface area contributed by atoms with Crippen molar-refractivity contribution >= 4 is 0 Å². The number of hydrogen-bond acceptors (Lipinski definition) is 8. The summed E-state index contributed by atoms with van der Waals surface area (Å²) in [4.78, 5) is 0. The zero-order valence-corrected chi connectivity index (χ0v) is 14.7. The monoisotopic (exact) mass is 364 g/mol. The average molecular weight is 364 g/mol. The van der Waals surface area contributed by atoms with Gasteiger partial charge in [0.05, 0.1) is 14.2 Å². The second-order valence-electron chi connectivity index (χ2n) is 5.64. The zero-order chi connectivity index (χ0) is 18.6. The number of aromatic nitrogens is 4. The summed E-state index contributed by atoms with van der Waals surface area (Å²) in [5.41, 5.74) is 1.61. The lowest BCUT2D eigenvalue weighted by atomic mass is 10.2. The van der Waals surface area contributed by atoms with E-state index in [9.17, 15) is 0 Å². The third-order valence-electron chi connectivity index (χ3n) is 3.91. The maximum atomic E-state index is 5.69. The Morgan fingerprint density at radius 3 is 1.41 bits per heavy atom. The average Bonchev–Trinajstić information content (AvgIpc) is 3.38. The Morgan fingerprint density at radius 2 is 1.04 bits per heavy atom. The summed E-state index contributed by atoms with van der Waals surface area (Å²) in [5, 5.41) is 16.2. The van der Waals surface area contributed by atoms with Crippen LogP contribution >= 0.6 is 0 Å². The van der Waals surface area contributed by atoms with Gasteiger partial charge in [0, 0.05) is 11.1 Å². The van der Waals surface area contributed by atoms with E-state index in [4.69, 9.17) is 18.3 Å². The molecule has 136 valence electrons. The Labute approximate surface area is 154 Å². The van der Waals surface area contributed by atoms with Crippen LogP contribution in [0.2, 0.25) is 0 Å². The first kappa shape index (κ1) is 16.8. The van der Waals surface area contributed by atoms with Gasteiger partial charge in [0.25, 0.3) is 0 Å². The summed E-state index contributed by atoms with van der Waals surface area (Å²) in [5.74, 6) is 3.15. The van der Waals surface area contributed by atoms with Crippen molar-refractivity contribution in [2.24, 2.45) is 0 Å². The number of nitrogens with zero attached hydrogens (tertiary/aromatic N) is 4. The highest BCUT2D eigenvalue weighted by molar-refractivity contribution is 5.54. The number of hydrogen-bond donors (Lipinski definition) is 0. The van der Waals surface area contributed by atoms with Crippen molar-refractivity contribution in [3.05, 3.63) is 60.3 Å². The van der Waals surface area contributed by atoms with Crippen LogP contribution in [0.3, 0.4) is 0 Å². The van der Waals surface area contributed by atoms with E-state index in [-0.39, 0.29) is 6.42 Å². The first-order valence-electron chi connectivity index (χ1n) is 8.19. The molecule has 0 amide bonds. The van der Waals surface area contributed by atoms with Crippen LogP contribution in [-0.2, 0) is 6.42 Å². The van der Waals surface area contributed by atoms with Crippen LogP contribution in [0.1, 0.15) is 11.8 Å². The molecular weight excluding hydrogens is 348 g/mol.